The first-order valence-electron chi connectivity index (χ1n) is 10.0. The van der Waals surface area contributed by atoms with E-state index < -0.39 is 28.5 Å². The van der Waals surface area contributed by atoms with Gasteiger partial charge in [-0.05, 0) is 31.0 Å². The predicted octanol–water partition coefficient (Wildman–Crippen LogP) is 2.75. The van der Waals surface area contributed by atoms with Crippen LogP contribution in [0.4, 0.5) is 0 Å². The molecule has 1 aromatic carbocycles. The van der Waals surface area contributed by atoms with Gasteiger partial charge in [-0.15, -0.1) is 0 Å². The molecule has 0 heterocycles. The highest BCUT2D eigenvalue weighted by molar-refractivity contribution is 7.89. The van der Waals surface area contributed by atoms with Gasteiger partial charge >= 0.3 is 5.97 Å². The summed E-state index contributed by atoms with van der Waals surface area (Å²) in [6.45, 7) is 3.30. The molecule has 1 aliphatic carbocycles. The van der Waals surface area contributed by atoms with E-state index >= 15 is 0 Å². The number of carbonyl (C=O) groups excluding carboxylic acids is 3. The third-order valence-corrected chi connectivity index (χ3v) is 7.45. The number of ether oxygens (including phenoxy) is 1. The van der Waals surface area contributed by atoms with Gasteiger partial charge in [0.25, 0.3) is 5.91 Å². The summed E-state index contributed by atoms with van der Waals surface area (Å²) in [6, 6.07) is 3.73. The Bertz CT molecular complexity index is 893. The zero-order chi connectivity index (χ0) is 22.3. The second kappa shape index (κ2) is 10.9. The van der Waals surface area contributed by atoms with Gasteiger partial charge in [0, 0.05) is 19.0 Å². The molecule has 2 rings (SSSR count). The smallest absolute Gasteiger partial charge is 0.340 e. The summed E-state index contributed by atoms with van der Waals surface area (Å²) in [5, 5.41) is 2.24. The predicted molar refractivity (Wildman–Crippen MR) is 112 cm³/mol. The molecule has 1 aliphatic rings. The molecule has 166 valence electrons. The zero-order valence-corrected chi connectivity index (χ0v) is 18.7. The summed E-state index contributed by atoms with van der Waals surface area (Å²) in [6.07, 6.45) is 4.46. The fourth-order valence-electron chi connectivity index (χ4n) is 3.38. The molecule has 10 heteroatoms. The minimum atomic E-state index is -3.79. The van der Waals surface area contributed by atoms with Crippen molar-refractivity contribution >= 4 is 39.4 Å². The SMILES string of the molecule is CCN(CC)S(=O)(=O)c1ccc(Cl)c(C(=O)OCC(=O)NC(=O)C2CCCCC2)c1. The number of imide groups is 1. The fraction of sp³-hybridized carbons (Fsp3) is 0.550. The van der Waals surface area contributed by atoms with Crippen LogP contribution in [-0.2, 0) is 24.3 Å². The lowest BCUT2D eigenvalue weighted by Gasteiger charge is -2.20. The number of hydrogen-bond donors (Lipinski definition) is 1. The van der Waals surface area contributed by atoms with Gasteiger partial charge in [-0.3, -0.25) is 14.9 Å². The van der Waals surface area contributed by atoms with Crippen molar-refractivity contribution in [2.75, 3.05) is 19.7 Å². The van der Waals surface area contributed by atoms with Crippen molar-refractivity contribution in [3.8, 4) is 0 Å². The summed E-state index contributed by atoms with van der Waals surface area (Å²) >= 11 is 6.03. The average molecular weight is 459 g/mol. The fourth-order valence-corrected chi connectivity index (χ4v) is 5.06. The number of amides is 2. The Morgan fingerprint density at radius 1 is 1.13 bits per heavy atom. The minimum absolute atomic E-state index is 0.00260. The number of rotatable bonds is 8. The van der Waals surface area contributed by atoms with Crippen LogP contribution in [0, 0.1) is 5.92 Å². The van der Waals surface area contributed by atoms with Crippen molar-refractivity contribution in [3.63, 3.8) is 0 Å². The van der Waals surface area contributed by atoms with E-state index in [0.29, 0.717) is 0 Å². The third kappa shape index (κ3) is 6.02. The van der Waals surface area contributed by atoms with Crippen LogP contribution in [0.2, 0.25) is 5.02 Å². The molecule has 0 unspecified atom stereocenters. The molecule has 0 bridgehead atoms. The van der Waals surface area contributed by atoms with E-state index in [0.717, 1.165) is 38.2 Å². The lowest BCUT2D eigenvalue weighted by molar-refractivity contribution is -0.135. The molecule has 0 spiro atoms. The first-order chi connectivity index (χ1) is 14.2. The molecular weight excluding hydrogens is 432 g/mol. The van der Waals surface area contributed by atoms with Crippen LogP contribution in [0.5, 0.6) is 0 Å². The van der Waals surface area contributed by atoms with Crippen molar-refractivity contribution < 1.29 is 27.5 Å². The van der Waals surface area contributed by atoms with Crippen molar-refractivity contribution in [3.05, 3.63) is 28.8 Å². The molecule has 1 aromatic rings. The monoisotopic (exact) mass is 458 g/mol. The molecule has 30 heavy (non-hydrogen) atoms. The normalized spacial score (nSPS) is 15.1. The Hall–Kier alpha value is -1.97. The van der Waals surface area contributed by atoms with Crippen molar-refractivity contribution in [1.29, 1.82) is 0 Å². The third-order valence-electron chi connectivity index (χ3n) is 5.07. The molecule has 2 amide bonds. The Morgan fingerprint density at radius 2 is 1.77 bits per heavy atom. The summed E-state index contributed by atoms with van der Waals surface area (Å²) in [5.41, 5.74) is -0.170. The number of nitrogens with zero attached hydrogens (tertiary/aromatic N) is 1. The molecule has 1 N–H and O–H groups in total. The van der Waals surface area contributed by atoms with Crippen LogP contribution in [-0.4, -0.2) is 50.2 Å². The molecule has 0 radical (unpaired) electrons. The largest absolute Gasteiger partial charge is 0.452 e. The first-order valence-corrected chi connectivity index (χ1v) is 11.8. The van der Waals surface area contributed by atoms with Crippen LogP contribution < -0.4 is 5.32 Å². The van der Waals surface area contributed by atoms with Crippen LogP contribution in [0.1, 0.15) is 56.3 Å². The molecule has 0 aliphatic heterocycles. The average Bonchev–Trinajstić information content (AvgIpc) is 2.73. The van der Waals surface area contributed by atoms with Crippen molar-refractivity contribution in [2.45, 2.75) is 50.8 Å². The van der Waals surface area contributed by atoms with Crippen molar-refractivity contribution in [2.24, 2.45) is 5.92 Å². The summed E-state index contributed by atoms with van der Waals surface area (Å²) < 4.78 is 31.5. The number of benzene rings is 1. The topological polar surface area (TPSA) is 110 Å². The Labute approximate surface area is 182 Å². The standard InChI is InChI=1S/C20H27ClN2O6S/c1-3-23(4-2)30(27,28)15-10-11-17(21)16(12-15)20(26)29-13-18(24)22-19(25)14-8-6-5-7-9-14/h10-12,14H,3-9,13H2,1-2H3,(H,22,24,25). The van der Waals surface area contributed by atoms with E-state index in [-0.39, 0.29) is 40.4 Å². The number of halogens is 1. The molecule has 1 fully saturated rings. The van der Waals surface area contributed by atoms with Gasteiger partial charge in [0.2, 0.25) is 15.9 Å². The highest BCUT2D eigenvalue weighted by atomic mass is 35.5. The van der Waals surface area contributed by atoms with Crippen LogP contribution in [0.25, 0.3) is 0 Å². The van der Waals surface area contributed by atoms with E-state index in [4.69, 9.17) is 16.3 Å². The van der Waals surface area contributed by atoms with Crippen LogP contribution in [0.3, 0.4) is 0 Å². The molecule has 1 saturated carbocycles. The van der Waals surface area contributed by atoms with Gasteiger partial charge in [-0.25, -0.2) is 13.2 Å². The number of esters is 1. The highest BCUT2D eigenvalue weighted by Gasteiger charge is 2.26. The Balaban J connectivity index is 2.02. The molecule has 0 saturated heterocycles. The molecule has 8 nitrogen and oxygen atoms in total. The van der Waals surface area contributed by atoms with E-state index in [2.05, 4.69) is 5.32 Å². The second-order valence-electron chi connectivity index (χ2n) is 7.05. The number of hydrogen-bond acceptors (Lipinski definition) is 6. The van der Waals surface area contributed by atoms with Crippen LogP contribution >= 0.6 is 11.6 Å². The minimum Gasteiger partial charge on any atom is -0.452 e. The van der Waals surface area contributed by atoms with E-state index in [9.17, 15) is 22.8 Å². The van der Waals surface area contributed by atoms with Gasteiger partial charge in [0.05, 0.1) is 15.5 Å². The number of sulfonamides is 1. The van der Waals surface area contributed by atoms with E-state index in [1.807, 2.05) is 0 Å². The lowest BCUT2D eigenvalue weighted by Crippen LogP contribution is -2.38. The number of carbonyl (C=O) groups is 3. The first kappa shape index (κ1) is 24.3. The summed E-state index contributed by atoms with van der Waals surface area (Å²) in [5.74, 6) is -2.24. The Kier molecular flexibility index (Phi) is 8.81. The lowest BCUT2D eigenvalue weighted by atomic mass is 9.89. The second-order valence-corrected chi connectivity index (χ2v) is 9.40. The van der Waals surface area contributed by atoms with Gasteiger partial charge in [-0.1, -0.05) is 44.7 Å². The maximum atomic E-state index is 12.6. The van der Waals surface area contributed by atoms with Gasteiger partial charge in [0.15, 0.2) is 6.61 Å². The zero-order valence-electron chi connectivity index (χ0n) is 17.1. The molecule has 0 atom stereocenters. The maximum absolute atomic E-state index is 12.6. The number of nitrogens with one attached hydrogen (secondary N) is 1. The maximum Gasteiger partial charge on any atom is 0.340 e. The van der Waals surface area contributed by atoms with Crippen LogP contribution in [0.15, 0.2) is 23.1 Å². The molecular formula is C20H27ClN2O6S. The van der Waals surface area contributed by atoms with Gasteiger partial charge < -0.3 is 4.74 Å². The quantitative estimate of drug-likeness (QED) is 0.600. The van der Waals surface area contributed by atoms with Gasteiger partial charge in [0.1, 0.15) is 0 Å². The van der Waals surface area contributed by atoms with E-state index in [1.54, 1.807) is 13.8 Å². The summed E-state index contributed by atoms with van der Waals surface area (Å²) in [7, 11) is -3.79. The Morgan fingerprint density at radius 3 is 2.37 bits per heavy atom. The van der Waals surface area contributed by atoms with Crippen molar-refractivity contribution in [1.82, 2.24) is 9.62 Å². The van der Waals surface area contributed by atoms with Gasteiger partial charge in [-0.2, -0.15) is 4.31 Å². The highest BCUT2D eigenvalue weighted by Crippen LogP contribution is 2.24. The van der Waals surface area contributed by atoms with E-state index in [1.165, 1.54) is 16.4 Å². The summed E-state index contributed by atoms with van der Waals surface area (Å²) in [4.78, 5) is 36.3. The molecule has 0 aromatic heterocycles.